The Balaban J connectivity index is 2.42. The van der Waals surface area contributed by atoms with E-state index in [1.54, 1.807) is 18.2 Å². The van der Waals surface area contributed by atoms with E-state index in [0.717, 1.165) is 12.1 Å². The summed E-state index contributed by atoms with van der Waals surface area (Å²) >= 11 is 11.9. The Bertz CT molecular complexity index is 622. The third kappa shape index (κ3) is 3.35. The smallest absolute Gasteiger partial charge is 0.338 e. The molecule has 2 nitrogen and oxygen atoms in total. The lowest BCUT2D eigenvalue weighted by Crippen LogP contribution is -2.07. The van der Waals surface area contributed by atoms with Crippen molar-refractivity contribution in [2.45, 2.75) is 13.1 Å². The van der Waals surface area contributed by atoms with E-state index < -0.39 is 11.7 Å². The van der Waals surface area contributed by atoms with Gasteiger partial charge >= 0.3 is 6.18 Å². The molecule has 0 bridgehead atoms. The van der Waals surface area contributed by atoms with Crippen molar-refractivity contribution in [1.82, 2.24) is 4.98 Å². The van der Waals surface area contributed by atoms with Crippen LogP contribution in [0.1, 0.15) is 11.3 Å². The summed E-state index contributed by atoms with van der Waals surface area (Å²) in [6, 6.07) is 6.68. The summed E-state index contributed by atoms with van der Waals surface area (Å²) in [5.41, 5.74) is -0.219. The van der Waals surface area contributed by atoms with Gasteiger partial charge in [-0.3, -0.25) is 0 Å². The first-order chi connectivity index (χ1) is 9.27. The van der Waals surface area contributed by atoms with Gasteiger partial charge in [-0.2, -0.15) is 13.2 Å². The Morgan fingerprint density at radius 1 is 1.10 bits per heavy atom. The molecule has 0 radical (unpaired) electrons. The number of alkyl halides is 3. The summed E-state index contributed by atoms with van der Waals surface area (Å²) in [5, 5.41) is 3.32. The minimum Gasteiger partial charge on any atom is -0.338 e. The van der Waals surface area contributed by atoms with Crippen molar-refractivity contribution >= 4 is 34.7 Å². The number of pyridine rings is 1. The molecule has 1 aromatic heterocycles. The standard InChI is InChI=1S/C13H9Cl2F3N2/c1-7-5-8(13(16,17)18)6-11(19-7)20-12-9(14)3-2-4-10(12)15/h2-6H,1H3,(H,19,20). The van der Waals surface area contributed by atoms with Crippen molar-refractivity contribution in [3.8, 4) is 0 Å². The highest BCUT2D eigenvalue weighted by Crippen LogP contribution is 2.35. The Labute approximate surface area is 123 Å². The van der Waals surface area contributed by atoms with Gasteiger partial charge in [0.2, 0.25) is 0 Å². The van der Waals surface area contributed by atoms with Crippen LogP contribution < -0.4 is 5.32 Å². The summed E-state index contributed by atoms with van der Waals surface area (Å²) in [6.45, 7) is 1.48. The van der Waals surface area contributed by atoms with Gasteiger partial charge in [0.1, 0.15) is 5.82 Å². The van der Waals surface area contributed by atoms with E-state index in [1.165, 1.54) is 6.92 Å². The molecule has 2 rings (SSSR count). The van der Waals surface area contributed by atoms with Crippen LogP contribution >= 0.6 is 23.2 Å². The second-order valence-corrected chi connectivity index (χ2v) is 4.92. The summed E-state index contributed by atoms with van der Waals surface area (Å²) in [4.78, 5) is 4.00. The third-order valence-corrected chi connectivity index (χ3v) is 3.13. The second-order valence-electron chi connectivity index (χ2n) is 4.10. The number of aryl methyl sites for hydroxylation is 1. The van der Waals surface area contributed by atoms with Crippen LogP contribution in [-0.2, 0) is 6.18 Å². The van der Waals surface area contributed by atoms with Gasteiger partial charge < -0.3 is 5.32 Å². The first-order valence-corrected chi connectivity index (χ1v) is 6.30. The van der Waals surface area contributed by atoms with Crippen LogP contribution in [0.4, 0.5) is 24.7 Å². The Kier molecular flexibility index (Phi) is 4.11. The van der Waals surface area contributed by atoms with Crippen LogP contribution in [0.25, 0.3) is 0 Å². The molecule has 0 amide bonds. The number of nitrogens with zero attached hydrogens (tertiary/aromatic N) is 1. The van der Waals surface area contributed by atoms with Crippen LogP contribution in [0.3, 0.4) is 0 Å². The van der Waals surface area contributed by atoms with Gasteiger partial charge in [0, 0.05) is 5.69 Å². The van der Waals surface area contributed by atoms with Crippen molar-refractivity contribution in [3.05, 3.63) is 51.6 Å². The molecule has 1 N–H and O–H groups in total. The van der Waals surface area contributed by atoms with Crippen LogP contribution in [0.2, 0.25) is 10.0 Å². The number of rotatable bonds is 2. The van der Waals surface area contributed by atoms with E-state index >= 15 is 0 Å². The molecule has 0 saturated carbocycles. The van der Waals surface area contributed by atoms with Crippen LogP contribution in [-0.4, -0.2) is 4.98 Å². The zero-order chi connectivity index (χ0) is 14.9. The van der Waals surface area contributed by atoms with Crippen LogP contribution in [0, 0.1) is 6.92 Å². The first-order valence-electron chi connectivity index (χ1n) is 5.54. The number of anilines is 2. The number of nitrogens with one attached hydrogen (secondary N) is 1. The minimum atomic E-state index is -4.44. The zero-order valence-electron chi connectivity index (χ0n) is 10.2. The van der Waals surface area contributed by atoms with Crippen LogP contribution in [0.5, 0.6) is 0 Å². The van der Waals surface area contributed by atoms with Crippen LogP contribution in [0.15, 0.2) is 30.3 Å². The average Bonchev–Trinajstić information content (AvgIpc) is 2.32. The molecular formula is C13H9Cl2F3N2. The highest BCUT2D eigenvalue weighted by molar-refractivity contribution is 6.39. The predicted octanol–water partition coefficient (Wildman–Crippen LogP) is 5.46. The molecule has 7 heteroatoms. The summed E-state index contributed by atoms with van der Waals surface area (Å²) in [7, 11) is 0. The van der Waals surface area contributed by atoms with E-state index in [-0.39, 0.29) is 11.5 Å². The number of hydrogen-bond donors (Lipinski definition) is 1. The molecule has 0 atom stereocenters. The molecule has 0 aliphatic carbocycles. The van der Waals surface area contributed by atoms with Crippen molar-refractivity contribution in [3.63, 3.8) is 0 Å². The van der Waals surface area contributed by atoms with E-state index in [0.29, 0.717) is 15.7 Å². The number of halogens is 5. The molecule has 0 fully saturated rings. The van der Waals surface area contributed by atoms with Gasteiger partial charge in [0.05, 0.1) is 21.3 Å². The van der Waals surface area contributed by atoms with E-state index in [9.17, 15) is 13.2 Å². The minimum absolute atomic E-state index is 0.0346. The van der Waals surface area contributed by atoms with Gasteiger partial charge in [0.25, 0.3) is 0 Å². The molecular weight excluding hydrogens is 312 g/mol. The van der Waals surface area contributed by atoms with Gasteiger partial charge in [-0.05, 0) is 31.2 Å². The molecule has 0 saturated heterocycles. The largest absolute Gasteiger partial charge is 0.416 e. The number of benzene rings is 1. The maximum atomic E-state index is 12.7. The van der Waals surface area contributed by atoms with E-state index in [4.69, 9.17) is 23.2 Å². The molecule has 106 valence electrons. The molecule has 0 unspecified atom stereocenters. The molecule has 0 aliphatic rings. The molecule has 20 heavy (non-hydrogen) atoms. The maximum Gasteiger partial charge on any atom is 0.416 e. The lowest BCUT2D eigenvalue weighted by molar-refractivity contribution is -0.137. The fourth-order valence-corrected chi connectivity index (χ4v) is 2.13. The Morgan fingerprint density at radius 3 is 2.25 bits per heavy atom. The molecule has 0 spiro atoms. The van der Waals surface area contributed by atoms with Crippen molar-refractivity contribution in [1.29, 1.82) is 0 Å². The monoisotopic (exact) mass is 320 g/mol. The third-order valence-electron chi connectivity index (χ3n) is 2.50. The Hall–Kier alpha value is -1.46. The van der Waals surface area contributed by atoms with Crippen molar-refractivity contribution < 1.29 is 13.2 Å². The molecule has 1 aromatic carbocycles. The average molecular weight is 321 g/mol. The quantitative estimate of drug-likeness (QED) is 0.794. The molecule has 2 aromatic rings. The number of hydrogen-bond acceptors (Lipinski definition) is 2. The lowest BCUT2D eigenvalue weighted by Gasteiger charge is -2.13. The van der Waals surface area contributed by atoms with Crippen molar-refractivity contribution in [2.24, 2.45) is 0 Å². The number of para-hydroxylation sites is 1. The first kappa shape index (κ1) is 14.9. The van der Waals surface area contributed by atoms with Gasteiger partial charge in [0.15, 0.2) is 0 Å². The van der Waals surface area contributed by atoms with Gasteiger partial charge in [-0.25, -0.2) is 4.98 Å². The summed E-state index contributed by atoms with van der Waals surface area (Å²) < 4.78 is 38.2. The fourth-order valence-electron chi connectivity index (χ4n) is 1.64. The highest BCUT2D eigenvalue weighted by atomic mass is 35.5. The van der Waals surface area contributed by atoms with E-state index in [1.807, 2.05) is 0 Å². The Morgan fingerprint density at radius 2 is 1.70 bits per heavy atom. The highest BCUT2D eigenvalue weighted by Gasteiger charge is 2.31. The fraction of sp³-hybridized carbons (Fsp3) is 0.154. The molecule has 1 heterocycles. The zero-order valence-corrected chi connectivity index (χ0v) is 11.7. The maximum absolute atomic E-state index is 12.7. The normalized spacial score (nSPS) is 11.5. The molecule has 0 aliphatic heterocycles. The van der Waals surface area contributed by atoms with Gasteiger partial charge in [-0.15, -0.1) is 0 Å². The lowest BCUT2D eigenvalue weighted by atomic mass is 10.2. The number of aromatic nitrogens is 1. The topological polar surface area (TPSA) is 24.9 Å². The summed E-state index contributed by atoms with van der Waals surface area (Å²) in [6.07, 6.45) is -4.44. The predicted molar refractivity (Wildman–Crippen MR) is 73.7 cm³/mol. The van der Waals surface area contributed by atoms with Crippen molar-refractivity contribution in [2.75, 3.05) is 5.32 Å². The van der Waals surface area contributed by atoms with E-state index in [2.05, 4.69) is 10.3 Å². The van der Waals surface area contributed by atoms with Gasteiger partial charge in [-0.1, -0.05) is 29.3 Å². The second kappa shape index (κ2) is 5.50. The SMILES string of the molecule is Cc1cc(C(F)(F)F)cc(Nc2c(Cl)cccc2Cl)n1. The summed E-state index contributed by atoms with van der Waals surface area (Å²) in [5.74, 6) is 0.0346.